The Balaban J connectivity index is 1.94. The Labute approximate surface area is 125 Å². The van der Waals surface area contributed by atoms with E-state index in [0.29, 0.717) is 42.1 Å². The van der Waals surface area contributed by atoms with Crippen LogP contribution in [0.15, 0.2) is 11.2 Å². The third-order valence-electron chi connectivity index (χ3n) is 3.70. The number of halogens is 1. The maximum Gasteiger partial charge on any atom is 0.267 e. The fourth-order valence-electron chi connectivity index (χ4n) is 2.88. The summed E-state index contributed by atoms with van der Waals surface area (Å²) >= 11 is 4.71. The van der Waals surface area contributed by atoms with Crippen LogP contribution >= 0.6 is 11.6 Å². The normalized spacial score (nSPS) is 31.2. The molecule has 2 unspecified atom stereocenters. The Hall–Kier alpha value is -0.600. The average Bonchev–Trinajstić information content (AvgIpc) is 2.38. The first-order valence-corrected chi connectivity index (χ1v) is 8.40. The van der Waals surface area contributed by atoms with Crippen LogP contribution < -0.4 is 4.90 Å². The molecule has 8 heteroatoms. The van der Waals surface area contributed by atoms with Crippen molar-refractivity contribution in [2.75, 3.05) is 24.4 Å². The van der Waals surface area contributed by atoms with E-state index < -0.39 is 11.2 Å². The van der Waals surface area contributed by atoms with Crippen molar-refractivity contribution in [3.63, 3.8) is 0 Å². The third kappa shape index (κ3) is 2.60. The molecule has 0 aromatic carbocycles. The Kier molecular flexibility index (Phi) is 4.05. The number of anilines is 1. The lowest BCUT2D eigenvalue weighted by Crippen LogP contribution is -2.59. The van der Waals surface area contributed by atoms with Crippen molar-refractivity contribution in [2.45, 2.75) is 36.1 Å². The summed E-state index contributed by atoms with van der Waals surface area (Å²) in [6.45, 7) is 1.09. The lowest BCUT2D eigenvalue weighted by Gasteiger charge is -2.47. The largest absolute Gasteiger partial charge is 0.610 e. The number of aliphatic hydroxyl groups is 1. The quantitative estimate of drug-likeness (QED) is 0.635. The van der Waals surface area contributed by atoms with Gasteiger partial charge in [0.1, 0.15) is 11.3 Å². The van der Waals surface area contributed by atoms with Gasteiger partial charge in [0.2, 0.25) is 5.95 Å². The zero-order chi connectivity index (χ0) is 14.3. The average molecular weight is 318 g/mol. The minimum absolute atomic E-state index is 0.0526. The van der Waals surface area contributed by atoms with Crippen LogP contribution in [0.3, 0.4) is 0 Å². The lowest BCUT2D eigenvalue weighted by atomic mass is 9.92. The van der Waals surface area contributed by atoms with Crippen molar-refractivity contribution in [3.05, 3.63) is 11.2 Å². The monoisotopic (exact) mass is 317 g/mol. The van der Waals surface area contributed by atoms with E-state index in [1.54, 1.807) is 6.26 Å². The van der Waals surface area contributed by atoms with E-state index in [0.717, 1.165) is 0 Å². The van der Waals surface area contributed by atoms with Gasteiger partial charge in [-0.15, -0.1) is 0 Å². The number of ether oxygens (including phenoxy) is 1. The number of nitrogens with zero attached hydrogens (tertiary/aromatic N) is 3. The molecule has 20 heavy (non-hydrogen) atoms. The highest BCUT2D eigenvalue weighted by Gasteiger charge is 2.40. The summed E-state index contributed by atoms with van der Waals surface area (Å²) in [4.78, 5) is 10.7. The maximum absolute atomic E-state index is 11.7. The number of rotatable bonds is 2. The highest BCUT2D eigenvalue weighted by Crippen LogP contribution is 2.32. The molecule has 2 saturated heterocycles. The van der Waals surface area contributed by atoms with E-state index in [9.17, 15) is 9.66 Å². The Morgan fingerprint density at radius 1 is 1.45 bits per heavy atom. The fraction of sp³-hybridized carbons (Fsp3) is 0.667. The number of hydrogen-bond acceptors (Lipinski definition) is 6. The molecule has 1 aromatic rings. The second-order valence-corrected chi connectivity index (χ2v) is 6.86. The lowest BCUT2D eigenvalue weighted by molar-refractivity contribution is 0.000272. The molecule has 6 nitrogen and oxygen atoms in total. The smallest absolute Gasteiger partial charge is 0.267 e. The van der Waals surface area contributed by atoms with Gasteiger partial charge in [-0.1, -0.05) is 11.6 Å². The molecule has 2 bridgehead atoms. The molecule has 0 radical (unpaired) electrons. The van der Waals surface area contributed by atoms with Gasteiger partial charge in [0.15, 0.2) is 0 Å². The van der Waals surface area contributed by atoms with Crippen molar-refractivity contribution in [1.29, 1.82) is 0 Å². The van der Waals surface area contributed by atoms with Crippen LogP contribution in [0, 0.1) is 0 Å². The van der Waals surface area contributed by atoms with E-state index in [4.69, 9.17) is 16.3 Å². The van der Waals surface area contributed by atoms with Gasteiger partial charge >= 0.3 is 0 Å². The first kappa shape index (κ1) is 14.3. The first-order chi connectivity index (χ1) is 9.56. The number of aromatic nitrogens is 2. The topological polar surface area (TPSA) is 81.5 Å². The maximum atomic E-state index is 11.7. The van der Waals surface area contributed by atoms with Crippen molar-refractivity contribution in [3.8, 4) is 0 Å². The summed E-state index contributed by atoms with van der Waals surface area (Å²) in [7, 11) is 0. The van der Waals surface area contributed by atoms with Crippen LogP contribution in [-0.2, 0) is 15.9 Å². The SMILES string of the molecule is C[S+]([O-])c1nc(N2C3COC[C@@H]2C[C@@H](O)C3)ncc1Cl. The number of hydrogen-bond donors (Lipinski definition) is 1. The van der Waals surface area contributed by atoms with Gasteiger partial charge in [0.25, 0.3) is 5.03 Å². The van der Waals surface area contributed by atoms with Gasteiger partial charge in [-0.05, 0) is 12.8 Å². The van der Waals surface area contributed by atoms with Crippen molar-refractivity contribution < 1.29 is 14.4 Å². The molecule has 3 heterocycles. The van der Waals surface area contributed by atoms with Crippen molar-refractivity contribution >= 4 is 28.7 Å². The highest BCUT2D eigenvalue weighted by molar-refractivity contribution is 7.90. The Morgan fingerprint density at radius 2 is 2.10 bits per heavy atom. The predicted molar refractivity (Wildman–Crippen MR) is 75.5 cm³/mol. The van der Waals surface area contributed by atoms with Gasteiger partial charge in [-0.2, -0.15) is 4.98 Å². The van der Waals surface area contributed by atoms with Crippen LogP contribution in [-0.4, -0.2) is 57.3 Å². The Morgan fingerprint density at radius 3 is 2.70 bits per heavy atom. The fourth-order valence-corrected chi connectivity index (χ4v) is 3.84. The Bertz CT molecular complexity index is 491. The third-order valence-corrected chi connectivity index (χ3v) is 4.94. The molecule has 3 rings (SSSR count). The molecule has 2 fully saturated rings. The molecule has 0 spiro atoms. The number of piperidine rings is 1. The van der Waals surface area contributed by atoms with E-state index in [1.165, 1.54) is 6.20 Å². The van der Waals surface area contributed by atoms with E-state index in [1.807, 2.05) is 0 Å². The second kappa shape index (κ2) is 5.65. The van der Waals surface area contributed by atoms with Crippen LogP contribution in [0.25, 0.3) is 0 Å². The molecule has 2 aliphatic heterocycles. The van der Waals surface area contributed by atoms with Gasteiger partial charge < -0.3 is 19.3 Å². The molecule has 1 N–H and O–H groups in total. The molecule has 2 aliphatic rings. The molecule has 4 atom stereocenters. The number of aliphatic hydroxyl groups excluding tert-OH is 1. The zero-order valence-electron chi connectivity index (χ0n) is 11.0. The van der Waals surface area contributed by atoms with E-state index >= 15 is 0 Å². The van der Waals surface area contributed by atoms with Gasteiger partial charge in [-0.25, -0.2) is 4.98 Å². The molecule has 0 aliphatic carbocycles. The standard InChI is InChI=1S/C12H16ClN3O3S/c1-20(18)11-10(13)4-14-12(15-11)16-7-2-9(17)3-8(16)6-19-5-7/h4,7-9,17H,2-3,5-6H2,1H3/t7-,8?,9+,20?/m0/s1. The van der Waals surface area contributed by atoms with E-state index in [2.05, 4.69) is 14.9 Å². The first-order valence-electron chi connectivity index (χ1n) is 6.46. The molecular formula is C12H16ClN3O3S. The summed E-state index contributed by atoms with van der Waals surface area (Å²) in [5.41, 5.74) is 0. The molecule has 110 valence electrons. The van der Waals surface area contributed by atoms with E-state index in [-0.39, 0.29) is 18.2 Å². The van der Waals surface area contributed by atoms with Gasteiger partial charge in [0, 0.05) is 11.2 Å². The summed E-state index contributed by atoms with van der Waals surface area (Å²) < 4.78 is 17.2. The summed E-state index contributed by atoms with van der Waals surface area (Å²) in [5.74, 6) is 0.518. The molecule has 0 amide bonds. The number of morpholine rings is 1. The minimum atomic E-state index is -1.26. The zero-order valence-corrected chi connectivity index (χ0v) is 12.6. The van der Waals surface area contributed by atoms with Gasteiger partial charge in [-0.3, -0.25) is 0 Å². The molecular weight excluding hydrogens is 302 g/mol. The summed E-state index contributed by atoms with van der Waals surface area (Å²) in [5, 5.41) is 10.5. The van der Waals surface area contributed by atoms with Crippen LogP contribution in [0.1, 0.15) is 12.8 Å². The van der Waals surface area contributed by atoms with Crippen LogP contribution in [0.5, 0.6) is 0 Å². The van der Waals surface area contributed by atoms with Crippen molar-refractivity contribution in [2.24, 2.45) is 0 Å². The molecule has 0 saturated carbocycles. The van der Waals surface area contributed by atoms with Crippen LogP contribution in [0.2, 0.25) is 5.02 Å². The second-order valence-electron chi connectivity index (χ2n) is 5.15. The predicted octanol–water partition coefficient (Wildman–Crippen LogP) is 0.596. The number of fused-ring (bicyclic) bond motifs is 2. The van der Waals surface area contributed by atoms with Crippen molar-refractivity contribution in [1.82, 2.24) is 9.97 Å². The summed E-state index contributed by atoms with van der Waals surface area (Å²) in [6, 6.07) is 0.105. The highest BCUT2D eigenvalue weighted by atomic mass is 35.5. The van der Waals surface area contributed by atoms with Crippen LogP contribution in [0.4, 0.5) is 5.95 Å². The summed E-state index contributed by atoms with van der Waals surface area (Å²) in [6.07, 6.45) is 3.99. The molecule has 1 aromatic heterocycles. The van der Waals surface area contributed by atoms with Gasteiger partial charge in [0.05, 0.1) is 37.6 Å². The minimum Gasteiger partial charge on any atom is -0.610 e.